The Labute approximate surface area is 159 Å². The minimum Gasteiger partial charge on any atom is -0.493 e. The van der Waals surface area contributed by atoms with Crippen molar-refractivity contribution in [2.24, 2.45) is 0 Å². The standard InChI is InChI=1S/C19H21N3O4S/c1-12(13-4-6-14(7-5-13)22-27(23)24)21-16-8-9-20-17-11-19(26-3)18(25-2)10-15(16)17/h4-12,27H,1-3H3,(H,20,21)(H,22,23,24). The Morgan fingerprint density at radius 1 is 1.00 bits per heavy atom. The van der Waals surface area contributed by atoms with E-state index in [-0.39, 0.29) is 6.04 Å². The van der Waals surface area contributed by atoms with Gasteiger partial charge in [0.05, 0.1) is 19.7 Å². The maximum absolute atomic E-state index is 10.7. The molecule has 8 heteroatoms. The Hall–Kier alpha value is -3.00. The van der Waals surface area contributed by atoms with E-state index >= 15 is 0 Å². The topological polar surface area (TPSA) is 89.5 Å². The van der Waals surface area contributed by atoms with Crippen molar-refractivity contribution in [2.75, 3.05) is 24.3 Å². The number of ether oxygens (including phenoxy) is 2. The number of benzene rings is 2. The molecule has 1 unspecified atom stereocenters. The number of anilines is 2. The number of aromatic nitrogens is 1. The van der Waals surface area contributed by atoms with Crippen LogP contribution < -0.4 is 19.5 Å². The molecule has 0 amide bonds. The Balaban J connectivity index is 1.89. The Kier molecular flexibility index (Phi) is 5.66. The molecule has 2 N–H and O–H groups in total. The van der Waals surface area contributed by atoms with Gasteiger partial charge < -0.3 is 14.8 Å². The molecular weight excluding hydrogens is 366 g/mol. The van der Waals surface area contributed by atoms with Gasteiger partial charge in [0.25, 0.3) is 0 Å². The second kappa shape index (κ2) is 8.13. The third-order valence-corrected chi connectivity index (χ3v) is 4.69. The first kappa shape index (κ1) is 18.8. The Morgan fingerprint density at radius 3 is 2.30 bits per heavy atom. The van der Waals surface area contributed by atoms with E-state index in [1.807, 2.05) is 37.3 Å². The van der Waals surface area contributed by atoms with Gasteiger partial charge in [-0.3, -0.25) is 9.71 Å². The maximum Gasteiger partial charge on any atom is 0.222 e. The summed E-state index contributed by atoms with van der Waals surface area (Å²) in [5.41, 5.74) is 3.27. The lowest BCUT2D eigenvalue weighted by atomic mass is 10.1. The van der Waals surface area contributed by atoms with E-state index < -0.39 is 10.9 Å². The van der Waals surface area contributed by atoms with Crippen molar-refractivity contribution >= 4 is 33.2 Å². The highest BCUT2D eigenvalue weighted by Gasteiger charge is 2.12. The van der Waals surface area contributed by atoms with E-state index in [0.717, 1.165) is 22.2 Å². The molecule has 1 atom stereocenters. The van der Waals surface area contributed by atoms with Crippen LogP contribution >= 0.6 is 0 Å². The van der Waals surface area contributed by atoms with E-state index in [9.17, 15) is 8.42 Å². The molecule has 3 aromatic rings. The first-order valence-corrected chi connectivity index (χ1v) is 9.48. The second-order valence-corrected chi connectivity index (χ2v) is 6.68. The number of nitrogens with zero attached hydrogens (tertiary/aromatic N) is 1. The zero-order valence-corrected chi connectivity index (χ0v) is 16.1. The van der Waals surface area contributed by atoms with Crippen LogP contribution in [0.1, 0.15) is 18.5 Å². The first-order valence-electron chi connectivity index (χ1n) is 8.30. The zero-order chi connectivity index (χ0) is 19.4. The summed E-state index contributed by atoms with van der Waals surface area (Å²) in [5, 5.41) is 4.39. The van der Waals surface area contributed by atoms with Crippen LogP contribution in [0.5, 0.6) is 11.5 Å². The van der Waals surface area contributed by atoms with Crippen molar-refractivity contribution in [2.45, 2.75) is 13.0 Å². The number of hydrogen-bond donors (Lipinski definition) is 3. The van der Waals surface area contributed by atoms with Gasteiger partial charge in [-0.15, -0.1) is 0 Å². The van der Waals surface area contributed by atoms with Crippen LogP contribution in [-0.2, 0) is 10.9 Å². The normalized spacial score (nSPS) is 12.0. The minimum atomic E-state index is -2.67. The summed E-state index contributed by atoms with van der Waals surface area (Å²) in [5.74, 6) is 1.26. The molecule has 2 aromatic carbocycles. The van der Waals surface area contributed by atoms with Gasteiger partial charge in [0.15, 0.2) is 11.5 Å². The average molecular weight is 387 g/mol. The van der Waals surface area contributed by atoms with Gasteiger partial charge in [0, 0.05) is 35.1 Å². The molecule has 0 radical (unpaired) electrons. The van der Waals surface area contributed by atoms with Crippen molar-refractivity contribution < 1.29 is 17.9 Å². The summed E-state index contributed by atoms with van der Waals surface area (Å²) in [6.07, 6.45) is 1.74. The SMILES string of the molecule is COc1cc2nccc(NC(C)c3ccc(N[SH](=O)=O)cc3)c2cc1OC. The fraction of sp³-hybridized carbons (Fsp3) is 0.211. The molecule has 0 aliphatic rings. The number of methoxy groups -OCH3 is 2. The molecule has 7 nitrogen and oxygen atoms in total. The van der Waals surface area contributed by atoms with Crippen LogP contribution in [0.15, 0.2) is 48.7 Å². The van der Waals surface area contributed by atoms with Gasteiger partial charge in [-0.25, -0.2) is 8.42 Å². The summed E-state index contributed by atoms with van der Waals surface area (Å²) >= 11 is 0. The number of rotatable bonds is 7. The third kappa shape index (κ3) is 4.22. The lowest BCUT2D eigenvalue weighted by Gasteiger charge is -2.18. The van der Waals surface area contributed by atoms with Crippen molar-refractivity contribution in [3.05, 3.63) is 54.2 Å². The fourth-order valence-corrected chi connectivity index (χ4v) is 3.23. The van der Waals surface area contributed by atoms with Gasteiger partial charge in [-0.05, 0) is 36.8 Å². The van der Waals surface area contributed by atoms with Gasteiger partial charge >= 0.3 is 0 Å². The molecule has 1 aromatic heterocycles. The maximum atomic E-state index is 10.7. The summed E-state index contributed by atoms with van der Waals surface area (Å²) < 4.78 is 34.6. The van der Waals surface area contributed by atoms with Crippen molar-refractivity contribution in [3.63, 3.8) is 0 Å². The number of fused-ring (bicyclic) bond motifs is 1. The lowest BCUT2D eigenvalue weighted by Crippen LogP contribution is -2.07. The van der Waals surface area contributed by atoms with E-state index in [4.69, 9.17) is 9.47 Å². The van der Waals surface area contributed by atoms with Crippen LogP contribution in [0.25, 0.3) is 10.9 Å². The molecule has 0 aliphatic carbocycles. The summed E-state index contributed by atoms with van der Waals surface area (Å²) in [6.45, 7) is 2.03. The van der Waals surface area contributed by atoms with Gasteiger partial charge in [-0.2, -0.15) is 0 Å². The van der Waals surface area contributed by atoms with E-state index in [0.29, 0.717) is 17.2 Å². The first-order chi connectivity index (χ1) is 13.0. The van der Waals surface area contributed by atoms with Crippen LogP contribution in [0.3, 0.4) is 0 Å². The Morgan fingerprint density at radius 2 is 1.67 bits per heavy atom. The monoisotopic (exact) mass is 387 g/mol. The van der Waals surface area contributed by atoms with Gasteiger partial charge in [0.1, 0.15) is 0 Å². The van der Waals surface area contributed by atoms with Gasteiger partial charge in [-0.1, -0.05) is 12.1 Å². The number of pyridine rings is 1. The molecule has 0 saturated heterocycles. The van der Waals surface area contributed by atoms with Crippen LogP contribution in [0.2, 0.25) is 0 Å². The quantitative estimate of drug-likeness (QED) is 0.539. The molecule has 3 rings (SSSR count). The van der Waals surface area contributed by atoms with Crippen molar-refractivity contribution in [1.82, 2.24) is 4.98 Å². The molecule has 0 fully saturated rings. The number of nitrogens with one attached hydrogen (secondary N) is 2. The molecule has 142 valence electrons. The predicted molar refractivity (Wildman–Crippen MR) is 107 cm³/mol. The molecular formula is C19H21N3O4S. The molecule has 0 spiro atoms. The summed E-state index contributed by atoms with van der Waals surface area (Å²) in [6, 6.07) is 12.9. The summed E-state index contributed by atoms with van der Waals surface area (Å²) in [4.78, 5) is 4.40. The third-order valence-electron chi connectivity index (χ3n) is 4.25. The van der Waals surface area contributed by atoms with E-state index in [1.165, 1.54) is 0 Å². The van der Waals surface area contributed by atoms with Gasteiger partial charge in [0.2, 0.25) is 10.9 Å². The predicted octanol–water partition coefficient (Wildman–Crippen LogP) is 3.36. The smallest absolute Gasteiger partial charge is 0.222 e. The summed E-state index contributed by atoms with van der Waals surface area (Å²) in [7, 11) is 0.526. The largest absolute Gasteiger partial charge is 0.493 e. The molecule has 0 aliphatic heterocycles. The van der Waals surface area contributed by atoms with E-state index in [2.05, 4.69) is 15.0 Å². The van der Waals surface area contributed by atoms with Crippen molar-refractivity contribution in [1.29, 1.82) is 0 Å². The second-order valence-electron chi connectivity index (χ2n) is 5.94. The van der Waals surface area contributed by atoms with Crippen LogP contribution in [-0.4, -0.2) is 27.6 Å². The molecule has 0 bridgehead atoms. The highest BCUT2D eigenvalue weighted by atomic mass is 32.2. The molecule has 0 saturated carbocycles. The van der Waals surface area contributed by atoms with Crippen LogP contribution in [0, 0.1) is 0 Å². The minimum absolute atomic E-state index is 0.00115. The van der Waals surface area contributed by atoms with Crippen LogP contribution in [0.4, 0.5) is 11.4 Å². The molecule has 1 heterocycles. The highest BCUT2D eigenvalue weighted by Crippen LogP contribution is 2.35. The van der Waals surface area contributed by atoms with Crippen molar-refractivity contribution in [3.8, 4) is 11.5 Å². The fourth-order valence-electron chi connectivity index (χ4n) is 2.87. The number of thiol groups is 1. The zero-order valence-electron chi connectivity index (χ0n) is 15.2. The average Bonchev–Trinajstić information content (AvgIpc) is 2.67. The Bertz CT molecular complexity index is 1010. The van der Waals surface area contributed by atoms with E-state index in [1.54, 1.807) is 32.5 Å². The number of hydrogen-bond acceptors (Lipinski definition) is 6. The molecule has 27 heavy (non-hydrogen) atoms. The highest BCUT2D eigenvalue weighted by molar-refractivity contribution is 7.73. The lowest BCUT2D eigenvalue weighted by molar-refractivity contribution is 0.356.